The minimum atomic E-state index is -4.46. The average Bonchev–Trinajstić information content (AvgIpc) is 2.37. The Morgan fingerprint density at radius 2 is 2.15 bits per heavy atom. The van der Waals surface area contributed by atoms with Crippen molar-refractivity contribution in [2.75, 3.05) is 5.32 Å². The summed E-state index contributed by atoms with van der Waals surface area (Å²) in [6.07, 6.45) is -3.75. The second-order valence-corrected chi connectivity index (χ2v) is 4.14. The van der Waals surface area contributed by atoms with Crippen LogP contribution in [0.25, 0.3) is 0 Å². The van der Waals surface area contributed by atoms with Crippen molar-refractivity contribution >= 4 is 11.7 Å². The molecule has 0 fully saturated rings. The molecule has 0 saturated heterocycles. The Balaban J connectivity index is 2.69. The molecular formula is C13H14F3N3O. The molecule has 0 spiro atoms. The number of hydrogen-bond acceptors (Lipinski definition) is 2. The van der Waals surface area contributed by atoms with Gasteiger partial charge in [0, 0.05) is 11.7 Å². The third kappa shape index (κ3) is 4.80. The molecule has 1 atom stereocenters. The van der Waals surface area contributed by atoms with Crippen LogP contribution >= 0.6 is 0 Å². The Morgan fingerprint density at radius 3 is 2.70 bits per heavy atom. The number of nitrogens with zero attached hydrogens (tertiary/aromatic N) is 1. The van der Waals surface area contributed by atoms with Crippen LogP contribution < -0.4 is 10.6 Å². The predicted molar refractivity (Wildman–Crippen MR) is 67.9 cm³/mol. The summed E-state index contributed by atoms with van der Waals surface area (Å²) in [6.45, 7) is 1.80. The Bertz CT molecular complexity index is 508. The summed E-state index contributed by atoms with van der Waals surface area (Å²) in [5, 5.41) is 13.4. The van der Waals surface area contributed by atoms with E-state index in [0.717, 1.165) is 12.1 Å². The van der Waals surface area contributed by atoms with E-state index in [1.54, 1.807) is 6.92 Å². The fourth-order valence-corrected chi connectivity index (χ4v) is 1.53. The molecule has 0 heterocycles. The molecule has 4 nitrogen and oxygen atoms in total. The molecule has 2 amide bonds. The van der Waals surface area contributed by atoms with E-state index in [2.05, 4.69) is 10.6 Å². The van der Waals surface area contributed by atoms with E-state index < -0.39 is 17.8 Å². The lowest BCUT2D eigenvalue weighted by atomic mass is 10.2. The zero-order chi connectivity index (χ0) is 15.2. The fourth-order valence-electron chi connectivity index (χ4n) is 1.53. The molecule has 0 aliphatic carbocycles. The molecule has 0 bridgehead atoms. The normalized spacial score (nSPS) is 12.3. The fraction of sp³-hybridized carbons (Fsp3) is 0.385. The van der Waals surface area contributed by atoms with Gasteiger partial charge in [-0.15, -0.1) is 0 Å². The lowest BCUT2D eigenvalue weighted by Gasteiger charge is -2.15. The van der Waals surface area contributed by atoms with Crippen molar-refractivity contribution in [2.45, 2.75) is 32.0 Å². The van der Waals surface area contributed by atoms with E-state index in [-0.39, 0.29) is 18.2 Å². The highest BCUT2D eigenvalue weighted by molar-refractivity contribution is 5.89. The van der Waals surface area contributed by atoms with Gasteiger partial charge in [0.25, 0.3) is 0 Å². The van der Waals surface area contributed by atoms with Gasteiger partial charge in [-0.3, -0.25) is 0 Å². The smallest absolute Gasteiger partial charge is 0.334 e. The Hall–Kier alpha value is -2.23. The quantitative estimate of drug-likeness (QED) is 0.889. The predicted octanol–water partition coefficient (Wildman–Crippen LogP) is 3.52. The maximum atomic E-state index is 12.5. The molecule has 1 unspecified atom stereocenters. The summed E-state index contributed by atoms with van der Waals surface area (Å²) in [5.41, 5.74) is -0.788. The lowest BCUT2D eigenvalue weighted by molar-refractivity contribution is -0.137. The first-order valence-electron chi connectivity index (χ1n) is 5.98. The standard InChI is InChI=1S/C13H14F3N3O/c1-2-10(6-7-17)18-12(20)19-11-5-3-4-9(8-11)13(14,15)16/h3-5,8,10H,2,6H2,1H3,(H2,18,19,20). The van der Waals surface area contributed by atoms with Crippen LogP contribution in [0.1, 0.15) is 25.3 Å². The molecule has 0 saturated carbocycles. The highest BCUT2D eigenvalue weighted by Gasteiger charge is 2.30. The van der Waals surface area contributed by atoms with E-state index in [9.17, 15) is 18.0 Å². The van der Waals surface area contributed by atoms with Crippen LogP contribution in [-0.4, -0.2) is 12.1 Å². The first-order chi connectivity index (χ1) is 9.36. The summed E-state index contributed by atoms with van der Waals surface area (Å²) < 4.78 is 37.5. The molecule has 1 aromatic rings. The number of benzene rings is 1. The number of rotatable bonds is 4. The van der Waals surface area contributed by atoms with Crippen molar-refractivity contribution in [1.29, 1.82) is 5.26 Å². The minimum Gasteiger partial charge on any atom is -0.334 e. The van der Waals surface area contributed by atoms with E-state index in [1.165, 1.54) is 12.1 Å². The second-order valence-electron chi connectivity index (χ2n) is 4.14. The van der Waals surface area contributed by atoms with Crippen molar-refractivity contribution < 1.29 is 18.0 Å². The minimum absolute atomic E-state index is 0.0455. The highest BCUT2D eigenvalue weighted by atomic mass is 19.4. The maximum absolute atomic E-state index is 12.5. The van der Waals surface area contributed by atoms with E-state index in [1.807, 2.05) is 6.07 Å². The number of carbonyl (C=O) groups excluding carboxylic acids is 1. The van der Waals surface area contributed by atoms with Crippen molar-refractivity contribution in [3.63, 3.8) is 0 Å². The number of alkyl halides is 3. The second kappa shape index (κ2) is 6.80. The van der Waals surface area contributed by atoms with Gasteiger partial charge < -0.3 is 10.6 Å². The van der Waals surface area contributed by atoms with E-state index >= 15 is 0 Å². The zero-order valence-corrected chi connectivity index (χ0v) is 10.8. The van der Waals surface area contributed by atoms with Gasteiger partial charge in [-0.1, -0.05) is 13.0 Å². The number of amides is 2. The van der Waals surface area contributed by atoms with E-state index in [4.69, 9.17) is 5.26 Å². The van der Waals surface area contributed by atoms with Crippen LogP contribution in [0.4, 0.5) is 23.7 Å². The van der Waals surface area contributed by atoms with Crippen LogP contribution in [0.5, 0.6) is 0 Å². The molecule has 1 rings (SSSR count). The number of anilines is 1. The summed E-state index contributed by atoms with van der Waals surface area (Å²) in [4.78, 5) is 11.6. The molecule has 0 aliphatic rings. The number of urea groups is 1. The van der Waals surface area contributed by atoms with Gasteiger partial charge in [0.15, 0.2) is 0 Å². The summed E-state index contributed by atoms with van der Waals surface area (Å²) in [7, 11) is 0. The van der Waals surface area contributed by atoms with Gasteiger partial charge in [-0.05, 0) is 24.6 Å². The number of carbonyl (C=O) groups is 1. The maximum Gasteiger partial charge on any atom is 0.416 e. The summed E-state index contributed by atoms with van der Waals surface area (Å²) >= 11 is 0. The third-order valence-electron chi connectivity index (χ3n) is 2.61. The lowest BCUT2D eigenvalue weighted by Crippen LogP contribution is -2.37. The first-order valence-corrected chi connectivity index (χ1v) is 5.98. The van der Waals surface area contributed by atoms with Crippen LogP contribution in [0.2, 0.25) is 0 Å². The zero-order valence-electron chi connectivity index (χ0n) is 10.8. The Morgan fingerprint density at radius 1 is 1.45 bits per heavy atom. The molecule has 1 aromatic carbocycles. The molecule has 0 aromatic heterocycles. The molecular weight excluding hydrogens is 271 g/mol. The van der Waals surface area contributed by atoms with Gasteiger partial charge in [-0.25, -0.2) is 4.79 Å². The molecule has 2 N–H and O–H groups in total. The molecule has 108 valence electrons. The largest absolute Gasteiger partial charge is 0.416 e. The highest BCUT2D eigenvalue weighted by Crippen LogP contribution is 2.30. The van der Waals surface area contributed by atoms with Crippen molar-refractivity contribution in [1.82, 2.24) is 5.32 Å². The third-order valence-corrected chi connectivity index (χ3v) is 2.61. The van der Waals surface area contributed by atoms with Crippen LogP contribution in [0.15, 0.2) is 24.3 Å². The molecule has 20 heavy (non-hydrogen) atoms. The first kappa shape index (κ1) is 15.8. The number of halogens is 3. The molecule has 0 radical (unpaired) electrons. The summed E-state index contributed by atoms with van der Waals surface area (Å²) in [6, 6.07) is 5.32. The number of nitriles is 1. The Labute approximate surface area is 114 Å². The van der Waals surface area contributed by atoms with Crippen molar-refractivity contribution in [3.05, 3.63) is 29.8 Å². The van der Waals surface area contributed by atoms with E-state index in [0.29, 0.717) is 6.42 Å². The van der Waals surface area contributed by atoms with Gasteiger partial charge in [0.1, 0.15) is 0 Å². The van der Waals surface area contributed by atoms with Crippen LogP contribution in [0, 0.1) is 11.3 Å². The topological polar surface area (TPSA) is 64.9 Å². The van der Waals surface area contributed by atoms with Gasteiger partial charge in [-0.2, -0.15) is 18.4 Å². The SMILES string of the molecule is CCC(CC#N)NC(=O)Nc1cccc(C(F)(F)F)c1. The van der Waals surface area contributed by atoms with Crippen molar-refractivity contribution in [2.24, 2.45) is 0 Å². The van der Waals surface area contributed by atoms with Crippen LogP contribution in [0.3, 0.4) is 0 Å². The Kier molecular flexibility index (Phi) is 5.38. The van der Waals surface area contributed by atoms with Crippen LogP contribution in [-0.2, 0) is 6.18 Å². The van der Waals surface area contributed by atoms with Gasteiger partial charge in [0.2, 0.25) is 0 Å². The monoisotopic (exact) mass is 285 g/mol. The molecule has 0 aliphatic heterocycles. The number of hydrogen-bond donors (Lipinski definition) is 2. The van der Waals surface area contributed by atoms with Gasteiger partial charge in [0.05, 0.1) is 18.1 Å². The van der Waals surface area contributed by atoms with Crippen molar-refractivity contribution in [3.8, 4) is 6.07 Å². The molecule has 7 heteroatoms. The number of nitrogens with one attached hydrogen (secondary N) is 2. The summed E-state index contributed by atoms with van der Waals surface area (Å²) in [5.74, 6) is 0. The van der Waals surface area contributed by atoms with Gasteiger partial charge >= 0.3 is 12.2 Å². The average molecular weight is 285 g/mol.